The van der Waals surface area contributed by atoms with E-state index in [1.807, 2.05) is 36.4 Å². The van der Waals surface area contributed by atoms with Crippen LogP contribution in [0.5, 0.6) is 5.75 Å². The van der Waals surface area contributed by atoms with Crippen molar-refractivity contribution in [1.29, 1.82) is 0 Å². The van der Waals surface area contributed by atoms with Crippen molar-refractivity contribution in [3.05, 3.63) is 70.3 Å². The predicted octanol–water partition coefficient (Wildman–Crippen LogP) is 5.91. The lowest BCUT2D eigenvalue weighted by Gasteiger charge is -2.44. The molecule has 0 aromatic heterocycles. The van der Waals surface area contributed by atoms with Crippen molar-refractivity contribution < 1.29 is 33.7 Å². The Hall–Kier alpha value is -3.56. The van der Waals surface area contributed by atoms with Gasteiger partial charge in [-0.25, -0.2) is 4.79 Å². The van der Waals surface area contributed by atoms with Gasteiger partial charge < -0.3 is 29.1 Å². The van der Waals surface area contributed by atoms with Crippen LogP contribution in [-0.4, -0.2) is 81.0 Å². The van der Waals surface area contributed by atoms with Crippen molar-refractivity contribution >= 4 is 35.1 Å². The van der Waals surface area contributed by atoms with E-state index in [0.717, 1.165) is 54.3 Å². The normalized spacial score (nSPS) is 19.8. The SMILES string of the molecule is CCCc1cc(Cl)ccc1C1COc2ccc(CC(=O)OC)cc2N(CC2CCC2C(/C=C/CCN(C)C(C)=O)OCC(=O)O)C1. The number of carbonyl (C=O) groups is 3. The first-order chi connectivity index (χ1) is 22.1. The number of fused-ring (bicyclic) bond motifs is 1. The van der Waals surface area contributed by atoms with Gasteiger partial charge in [0.2, 0.25) is 5.91 Å². The number of carbonyl (C=O) groups excluding carboxylic acids is 2. The Bertz CT molecular complexity index is 1400. The fraction of sp³-hybridized carbons (Fsp3) is 0.528. The van der Waals surface area contributed by atoms with Crippen molar-refractivity contribution in [2.45, 2.75) is 64.4 Å². The molecule has 2 aromatic rings. The number of anilines is 1. The van der Waals surface area contributed by atoms with Crippen LogP contribution in [0.4, 0.5) is 5.69 Å². The number of nitrogens with zero attached hydrogens (tertiary/aromatic N) is 2. The van der Waals surface area contributed by atoms with Crippen LogP contribution in [0, 0.1) is 11.8 Å². The number of methoxy groups -OCH3 is 1. The number of amides is 1. The van der Waals surface area contributed by atoms with Crippen molar-refractivity contribution in [3.8, 4) is 5.75 Å². The highest BCUT2D eigenvalue weighted by Gasteiger charge is 2.39. The quantitative estimate of drug-likeness (QED) is 0.187. The molecule has 9 nitrogen and oxygen atoms in total. The zero-order chi connectivity index (χ0) is 33.2. The first kappa shape index (κ1) is 35.3. The number of halogens is 1. The second-order valence-corrected chi connectivity index (χ2v) is 12.8. The summed E-state index contributed by atoms with van der Waals surface area (Å²) in [5.74, 6) is -0.0614. The van der Waals surface area contributed by atoms with Crippen molar-refractivity contribution in [3.63, 3.8) is 0 Å². The number of ether oxygens (including phenoxy) is 3. The Morgan fingerprint density at radius 3 is 2.67 bits per heavy atom. The topological polar surface area (TPSA) is 106 Å². The minimum Gasteiger partial charge on any atom is -0.491 e. The summed E-state index contributed by atoms with van der Waals surface area (Å²) >= 11 is 6.41. The third-order valence-corrected chi connectivity index (χ3v) is 9.37. The maximum atomic E-state index is 12.1. The molecule has 1 heterocycles. The molecule has 0 bridgehead atoms. The number of rotatable bonds is 15. The van der Waals surface area contributed by atoms with Crippen LogP contribution in [0.2, 0.25) is 5.02 Å². The lowest BCUT2D eigenvalue weighted by atomic mass is 9.70. The highest BCUT2D eigenvalue weighted by molar-refractivity contribution is 6.30. The lowest BCUT2D eigenvalue weighted by molar-refractivity contribution is -0.145. The first-order valence-corrected chi connectivity index (χ1v) is 16.5. The second-order valence-electron chi connectivity index (χ2n) is 12.4. The number of carboxylic acid groups (broad SMARTS) is 1. The van der Waals surface area contributed by atoms with Gasteiger partial charge in [-0.1, -0.05) is 49.2 Å². The van der Waals surface area contributed by atoms with Crippen molar-refractivity contribution in [2.24, 2.45) is 11.8 Å². The summed E-state index contributed by atoms with van der Waals surface area (Å²) in [5.41, 5.74) is 4.24. The Kier molecular flexibility index (Phi) is 12.9. The third kappa shape index (κ3) is 9.48. The van der Waals surface area contributed by atoms with E-state index in [9.17, 15) is 19.5 Å². The number of hydrogen-bond acceptors (Lipinski definition) is 7. The van der Waals surface area contributed by atoms with E-state index < -0.39 is 5.97 Å². The molecule has 1 aliphatic heterocycles. The van der Waals surface area contributed by atoms with Gasteiger partial charge in [-0.2, -0.15) is 0 Å². The van der Waals surface area contributed by atoms with E-state index >= 15 is 0 Å². The molecule has 1 saturated carbocycles. The number of aliphatic carboxylic acids is 1. The van der Waals surface area contributed by atoms with Gasteiger partial charge in [0.15, 0.2) is 0 Å². The van der Waals surface area contributed by atoms with E-state index in [1.165, 1.54) is 25.2 Å². The van der Waals surface area contributed by atoms with Crippen molar-refractivity contribution in [1.82, 2.24) is 4.90 Å². The van der Waals surface area contributed by atoms with Crippen LogP contribution >= 0.6 is 11.6 Å². The summed E-state index contributed by atoms with van der Waals surface area (Å²) in [6, 6.07) is 12.0. The molecule has 1 fully saturated rings. The summed E-state index contributed by atoms with van der Waals surface area (Å²) in [7, 11) is 3.15. The van der Waals surface area contributed by atoms with E-state index in [-0.39, 0.29) is 48.8 Å². The second kappa shape index (κ2) is 16.8. The van der Waals surface area contributed by atoms with Crippen LogP contribution in [0.1, 0.15) is 62.1 Å². The highest BCUT2D eigenvalue weighted by atomic mass is 35.5. The van der Waals surface area contributed by atoms with Gasteiger partial charge in [0.1, 0.15) is 12.4 Å². The zero-order valence-electron chi connectivity index (χ0n) is 27.4. The minimum absolute atomic E-state index is 0.00121. The highest BCUT2D eigenvalue weighted by Crippen LogP contribution is 2.43. The van der Waals surface area contributed by atoms with Gasteiger partial charge in [0.25, 0.3) is 0 Å². The van der Waals surface area contributed by atoms with Gasteiger partial charge in [-0.15, -0.1) is 0 Å². The Labute approximate surface area is 277 Å². The van der Waals surface area contributed by atoms with E-state index in [1.54, 1.807) is 11.9 Å². The maximum absolute atomic E-state index is 12.1. The van der Waals surface area contributed by atoms with Crippen LogP contribution in [-0.2, 0) is 36.7 Å². The summed E-state index contributed by atoms with van der Waals surface area (Å²) < 4.78 is 17.3. The van der Waals surface area contributed by atoms with Gasteiger partial charge in [-0.05, 0) is 78.5 Å². The van der Waals surface area contributed by atoms with Gasteiger partial charge >= 0.3 is 11.9 Å². The molecule has 2 aromatic carbocycles. The molecule has 4 unspecified atom stereocenters. The van der Waals surface area contributed by atoms with E-state index in [0.29, 0.717) is 26.1 Å². The van der Waals surface area contributed by atoms with Crippen molar-refractivity contribution in [2.75, 3.05) is 51.9 Å². The summed E-state index contributed by atoms with van der Waals surface area (Å²) in [6.07, 6.45) is 8.26. The average molecular weight is 655 g/mol. The van der Waals surface area contributed by atoms with Crippen LogP contribution in [0.15, 0.2) is 48.6 Å². The number of benzene rings is 2. The standard InChI is InChI=1S/C36H47ClN2O7/c1-5-8-26-19-29(37)12-14-30(26)28-21-39(32-17-25(18-36(43)44-4)10-15-34(32)45-22-28)20-27-11-13-31(27)33(46-23-35(41)42)9-6-7-16-38(3)24(2)40/h6,9-10,12,14-15,17,19,27-28,31,33H,5,7-8,11,13,16,18,20-23H2,1-4H3,(H,41,42)/b9-6+. The molecule has 1 amide bonds. The van der Waals surface area contributed by atoms with Gasteiger partial charge in [0.05, 0.1) is 31.9 Å². The molecule has 10 heteroatoms. The predicted molar refractivity (Wildman–Crippen MR) is 179 cm³/mol. The molecule has 250 valence electrons. The van der Waals surface area contributed by atoms with E-state index in [2.05, 4.69) is 24.0 Å². The van der Waals surface area contributed by atoms with Crippen LogP contribution in [0.25, 0.3) is 0 Å². The maximum Gasteiger partial charge on any atom is 0.329 e. The van der Waals surface area contributed by atoms with Crippen LogP contribution in [0.3, 0.4) is 0 Å². The molecule has 0 radical (unpaired) electrons. The Balaban J connectivity index is 1.61. The summed E-state index contributed by atoms with van der Waals surface area (Å²) in [4.78, 5) is 39.2. The number of esters is 1. The lowest BCUT2D eigenvalue weighted by Crippen LogP contribution is -2.45. The summed E-state index contributed by atoms with van der Waals surface area (Å²) in [6.45, 7) is 5.85. The molecule has 1 aliphatic carbocycles. The Morgan fingerprint density at radius 2 is 2.00 bits per heavy atom. The molecule has 2 aliphatic rings. The monoisotopic (exact) mass is 654 g/mol. The largest absolute Gasteiger partial charge is 0.491 e. The fourth-order valence-electron chi connectivity index (χ4n) is 6.39. The van der Waals surface area contributed by atoms with Gasteiger partial charge in [-0.3, -0.25) is 9.59 Å². The smallest absolute Gasteiger partial charge is 0.329 e. The molecule has 4 rings (SSSR count). The minimum atomic E-state index is -1.00. The number of carboxylic acids is 1. The average Bonchev–Trinajstić information content (AvgIpc) is 3.19. The first-order valence-electron chi connectivity index (χ1n) is 16.2. The third-order valence-electron chi connectivity index (χ3n) is 9.13. The molecule has 1 N–H and O–H groups in total. The number of aryl methyl sites for hydroxylation is 1. The van der Waals surface area contributed by atoms with Gasteiger partial charge in [0, 0.05) is 44.5 Å². The Morgan fingerprint density at radius 1 is 1.20 bits per heavy atom. The molecule has 0 spiro atoms. The molecule has 46 heavy (non-hydrogen) atoms. The van der Waals surface area contributed by atoms with E-state index in [4.69, 9.17) is 25.8 Å². The molecule has 4 atom stereocenters. The zero-order valence-corrected chi connectivity index (χ0v) is 28.1. The summed E-state index contributed by atoms with van der Waals surface area (Å²) in [5, 5.41) is 10.1. The van der Waals surface area contributed by atoms with Crippen LogP contribution < -0.4 is 9.64 Å². The molecular weight excluding hydrogens is 608 g/mol. The fourth-order valence-corrected chi connectivity index (χ4v) is 6.58. The number of hydrogen-bond donors (Lipinski definition) is 1. The molecular formula is C36H47ClN2O7. The molecule has 0 saturated heterocycles.